The van der Waals surface area contributed by atoms with Gasteiger partial charge in [-0.15, -0.1) is 11.3 Å². The van der Waals surface area contributed by atoms with E-state index in [2.05, 4.69) is 12.2 Å². The van der Waals surface area contributed by atoms with Gasteiger partial charge in [0.15, 0.2) is 0 Å². The summed E-state index contributed by atoms with van der Waals surface area (Å²) in [7, 11) is 0. The van der Waals surface area contributed by atoms with Crippen molar-refractivity contribution in [1.29, 1.82) is 0 Å². The van der Waals surface area contributed by atoms with Crippen LogP contribution < -0.4 is 10.1 Å². The van der Waals surface area contributed by atoms with Gasteiger partial charge >= 0.3 is 5.97 Å². The molecule has 0 saturated carbocycles. The average molecular weight is 547 g/mol. The van der Waals surface area contributed by atoms with Crippen LogP contribution in [0, 0.1) is 0 Å². The largest absolute Gasteiger partial charge is 0.489 e. The highest BCUT2D eigenvalue weighted by molar-refractivity contribution is 7.09. The number of amides is 1. The number of unbranched alkanes of at least 4 members (excludes halogenated alkanes) is 1. The maximum Gasteiger partial charge on any atom is 0.333 e. The number of hydrogen-bond acceptors (Lipinski definition) is 6. The second kappa shape index (κ2) is 15.6. The third kappa shape index (κ3) is 10.2. The van der Waals surface area contributed by atoms with E-state index in [-0.39, 0.29) is 17.9 Å². The fraction of sp³-hybridized carbons (Fsp3) is 0.344. The molecule has 1 amide bonds. The first-order valence-corrected chi connectivity index (χ1v) is 14.3. The highest BCUT2D eigenvalue weighted by Gasteiger charge is 2.19. The molecule has 7 heteroatoms. The normalized spacial score (nSPS) is 12.6. The Morgan fingerprint density at radius 3 is 2.46 bits per heavy atom. The van der Waals surface area contributed by atoms with Crippen LogP contribution in [-0.4, -0.2) is 23.5 Å². The zero-order valence-corrected chi connectivity index (χ0v) is 24.1. The number of ether oxygens (including phenoxy) is 2. The average Bonchev–Trinajstić information content (AvgIpc) is 3.40. The molecule has 3 aromatic rings. The van der Waals surface area contributed by atoms with Gasteiger partial charge in [0.25, 0.3) is 0 Å². The van der Waals surface area contributed by atoms with Crippen molar-refractivity contribution in [3.8, 4) is 5.75 Å². The third-order valence-corrected chi connectivity index (χ3v) is 6.94. The molecule has 206 valence electrons. The lowest BCUT2D eigenvalue weighted by atomic mass is 10.1. The van der Waals surface area contributed by atoms with Gasteiger partial charge in [0.1, 0.15) is 17.4 Å². The number of aromatic nitrogens is 1. The number of hydrogen-bond donors (Lipinski definition) is 1. The van der Waals surface area contributed by atoms with Crippen LogP contribution in [-0.2, 0) is 27.4 Å². The molecule has 0 radical (unpaired) electrons. The summed E-state index contributed by atoms with van der Waals surface area (Å²) in [6.45, 7) is 8.38. The van der Waals surface area contributed by atoms with Crippen molar-refractivity contribution in [3.63, 3.8) is 0 Å². The SMILES string of the molecule is CCCCC(=O)N[C@@H](Cc1ccc(OCc2ccccc2)cc1)c1nc(/C=C(C)/C=C(/C)C(=O)OCC)cs1. The van der Waals surface area contributed by atoms with E-state index in [1.165, 1.54) is 11.3 Å². The molecule has 0 aliphatic rings. The molecule has 1 aromatic heterocycles. The number of nitrogens with one attached hydrogen (secondary N) is 1. The Kier molecular flexibility index (Phi) is 12.0. The molecule has 2 aromatic carbocycles. The Bertz CT molecular complexity index is 1260. The Labute approximate surface area is 235 Å². The lowest BCUT2D eigenvalue weighted by molar-refractivity contribution is -0.138. The zero-order chi connectivity index (χ0) is 28.0. The van der Waals surface area contributed by atoms with Crippen LogP contribution in [0.2, 0.25) is 0 Å². The molecule has 0 aliphatic heterocycles. The number of carbonyl (C=O) groups excluding carboxylic acids is 2. The van der Waals surface area contributed by atoms with Crippen molar-refractivity contribution in [2.45, 2.75) is 66.0 Å². The van der Waals surface area contributed by atoms with E-state index in [4.69, 9.17) is 14.5 Å². The smallest absolute Gasteiger partial charge is 0.333 e. The molecule has 3 rings (SSSR count). The third-order valence-electron chi connectivity index (χ3n) is 5.96. The number of benzene rings is 2. The molecule has 0 spiro atoms. The van der Waals surface area contributed by atoms with Crippen LogP contribution in [0.4, 0.5) is 0 Å². The van der Waals surface area contributed by atoms with Crippen LogP contribution in [0.3, 0.4) is 0 Å². The van der Waals surface area contributed by atoms with Gasteiger partial charge in [-0.05, 0) is 74.6 Å². The molecule has 39 heavy (non-hydrogen) atoms. The first-order valence-electron chi connectivity index (χ1n) is 13.4. The van der Waals surface area contributed by atoms with Crippen LogP contribution in [0.5, 0.6) is 5.75 Å². The fourth-order valence-corrected chi connectivity index (χ4v) is 4.78. The van der Waals surface area contributed by atoms with Gasteiger partial charge in [-0.3, -0.25) is 4.79 Å². The van der Waals surface area contributed by atoms with Crippen LogP contribution in [0.15, 0.2) is 77.2 Å². The molecular weight excluding hydrogens is 508 g/mol. The first kappa shape index (κ1) is 29.8. The highest BCUT2D eigenvalue weighted by Crippen LogP contribution is 2.25. The van der Waals surface area contributed by atoms with Gasteiger partial charge in [-0.1, -0.05) is 55.8 Å². The summed E-state index contributed by atoms with van der Waals surface area (Å²) in [4.78, 5) is 29.4. The molecule has 1 N–H and O–H groups in total. The van der Waals surface area contributed by atoms with Gasteiger partial charge in [0.2, 0.25) is 5.91 Å². The maximum absolute atomic E-state index is 12.7. The van der Waals surface area contributed by atoms with Crippen molar-refractivity contribution in [3.05, 3.63) is 99.0 Å². The summed E-state index contributed by atoms with van der Waals surface area (Å²) in [6.07, 6.45) is 6.65. The van der Waals surface area contributed by atoms with E-state index in [0.717, 1.165) is 46.0 Å². The lowest BCUT2D eigenvalue weighted by Crippen LogP contribution is -2.29. The first-order chi connectivity index (χ1) is 18.9. The summed E-state index contributed by atoms with van der Waals surface area (Å²) in [6, 6.07) is 17.8. The summed E-state index contributed by atoms with van der Waals surface area (Å²) in [5, 5.41) is 6.00. The summed E-state index contributed by atoms with van der Waals surface area (Å²) in [5.41, 5.74) is 4.43. The van der Waals surface area contributed by atoms with E-state index in [9.17, 15) is 9.59 Å². The zero-order valence-electron chi connectivity index (χ0n) is 23.2. The second-order valence-electron chi connectivity index (χ2n) is 9.39. The van der Waals surface area contributed by atoms with E-state index in [0.29, 0.717) is 31.6 Å². The van der Waals surface area contributed by atoms with Crippen molar-refractivity contribution in [2.75, 3.05) is 6.61 Å². The second-order valence-corrected chi connectivity index (χ2v) is 10.3. The van der Waals surface area contributed by atoms with E-state index >= 15 is 0 Å². The topological polar surface area (TPSA) is 77.5 Å². The molecule has 6 nitrogen and oxygen atoms in total. The molecule has 0 aliphatic carbocycles. The Balaban J connectivity index is 1.72. The molecular formula is C32H38N2O4S. The van der Waals surface area contributed by atoms with E-state index in [1.54, 1.807) is 19.9 Å². The number of thiazole rings is 1. The summed E-state index contributed by atoms with van der Waals surface area (Å²) in [5.74, 6) is 0.506. The monoisotopic (exact) mass is 546 g/mol. The van der Waals surface area contributed by atoms with Crippen molar-refractivity contribution >= 4 is 29.3 Å². The van der Waals surface area contributed by atoms with Crippen LogP contribution >= 0.6 is 11.3 Å². The molecule has 0 bridgehead atoms. The van der Waals surface area contributed by atoms with Crippen molar-refractivity contribution < 1.29 is 19.1 Å². The van der Waals surface area contributed by atoms with Crippen LogP contribution in [0.1, 0.15) is 74.8 Å². The van der Waals surface area contributed by atoms with Crippen molar-refractivity contribution in [2.24, 2.45) is 0 Å². The maximum atomic E-state index is 12.7. The Hall–Kier alpha value is -3.71. The minimum absolute atomic E-state index is 0.0288. The van der Waals surface area contributed by atoms with Crippen molar-refractivity contribution in [1.82, 2.24) is 10.3 Å². The van der Waals surface area contributed by atoms with Gasteiger partial charge in [0, 0.05) is 17.4 Å². The lowest BCUT2D eigenvalue weighted by Gasteiger charge is -2.17. The standard InChI is InChI=1S/C32H38N2O4S/c1-5-7-13-30(35)34-29(20-25-14-16-28(17-15-25)38-21-26-11-9-8-10-12-26)31-33-27(22-39-31)19-23(3)18-24(4)32(36)37-6-2/h8-12,14-19,22,29H,5-7,13,20-21H2,1-4H3,(H,34,35)/b23-19+,24-18-/t29-/m0/s1. The minimum atomic E-state index is -0.324. The number of esters is 1. The number of nitrogens with zero attached hydrogens (tertiary/aromatic N) is 1. The Morgan fingerprint density at radius 1 is 1.03 bits per heavy atom. The molecule has 0 saturated heterocycles. The Morgan fingerprint density at radius 2 is 1.77 bits per heavy atom. The number of rotatable bonds is 14. The highest BCUT2D eigenvalue weighted by atomic mass is 32.1. The molecule has 1 heterocycles. The predicted molar refractivity (Wildman–Crippen MR) is 157 cm³/mol. The number of carbonyl (C=O) groups is 2. The number of allylic oxidation sites excluding steroid dienone is 2. The molecule has 0 fully saturated rings. The fourth-order valence-electron chi connectivity index (χ4n) is 3.95. The molecule has 1 atom stereocenters. The van der Waals surface area contributed by atoms with E-state index in [1.807, 2.05) is 73.0 Å². The molecule has 0 unspecified atom stereocenters. The van der Waals surface area contributed by atoms with Gasteiger partial charge < -0.3 is 14.8 Å². The minimum Gasteiger partial charge on any atom is -0.489 e. The van der Waals surface area contributed by atoms with E-state index < -0.39 is 0 Å². The van der Waals surface area contributed by atoms with Gasteiger partial charge in [0.05, 0.1) is 18.3 Å². The van der Waals surface area contributed by atoms with Crippen LogP contribution in [0.25, 0.3) is 6.08 Å². The predicted octanol–water partition coefficient (Wildman–Crippen LogP) is 7.23. The van der Waals surface area contributed by atoms with Gasteiger partial charge in [-0.2, -0.15) is 0 Å². The van der Waals surface area contributed by atoms with Gasteiger partial charge in [-0.25, -0.2) is 9.78 Å². The summed E-state index contributed by atoms with van der Waals surface area (Å²) < 4.78 is 11.0. The summed E-state index contributed by atoms with van der Waals surface area (Å²) >= 11 is 1.52. The quantitative estimate of drug-likeness (QED) is 0.131.